The van der Waals surface area contributed by atoms with E-state index in [0.29, 0.717) is 11.3 Å². The number of rotatable bonds is 7. The smallest absolute Gasteiger partial charge is 0.255 e. The van der Waals surface area contributed by atoms with Crippen LogP contribution in [0.3, 0.4) is 0 Å². The summed E-state index contributed by atoms with van der Waals surface area (Å²) >= 11 is 1.77. The summed E-state index contributed by atoms with van der Waals surface area (Å²) in [7, 11) is -1.86. The Morgan fingerprint density at radius 2 is 1.67 bits per heavy atom. The van der Waals surface area contributed by atoms with E-state index in [2.05, 4.69) is 23.5 Å². The number of carbonyl (C=O) groups is 1. The van der Waals surface area contributed by atoms with E-state index in [1.807, 2.05) is 37.3 Å². The molecule has 0 bridgehead atoms. The Morgan fingerprint density at radius 1 is 1.00 bits per heavy atom. The summed E-state index contributed by atoms with van der Waals surface area (Å²) in [5.74, 6) is 0.618. The van der Waals surface area contributed by atoms with Gasteiger partial charge in [0.25, 0.3) is 5.91 Å². The molecule has 0 aliphatic rings. The minimum atomic E-state index is -3.34. The molecule has 3 aromatic rings. The third kappa shape index (κ3) is 5.64. The molecule has 7 heteroatoms. The van der Waals surface area contributed by atoms with Gasteiger partial charge in [0, 0.05) is 28.9 Å². The molecule has 3 rings (SSSR count). The summed E-state index contributed by atoms with van der Waals surface area (Å²) in [5.41, 5.74) is 3.90. The fraction of sp³-hybridized carbons (Fsp3) is 0.174. The largest absolute Gasteiger partial charge is 0.322 e. The molecule has 0 spiro atoms. The number of carbonyl (C=O) groups excluding carboxylic acids is 1. The average Bonchev–Trinajstić information content (AvgIpc) is 2.73. The third-order valence-electron chi connectivity index (χ3n) is 4.68. The van der Waals surface area contributed by atoms with Crippen molar-refractivity contribution < 1.29 is 13.2 Å². The molecule has 0 radical (unpaired) electrons. The lowest BCUT2D eigenvalue weighted by Gasteiger charge is -2.16. The molecule has 0 aliphatic heterocycles. The van der Waals surface area contributed by atoms with E-state index < -0.39 is 10.0 Å². The zero-order chi connectivity index (χ0) is 21.7. The molecule has 30 heavy (non-hydrogen) atoms. The molecule has 3 aromatic carbocycles. The van der Waals surface area contributed by atoms with Crippen molar-refractivity contribution in [3.05, 3.63) is 89.5 Å². The van der Waals surface area contributed by atoms with Crippen molar-refractivity contribution in [2.75, 3.05) is 22.9 Å². The quantitative estimate of drug-likeness (QED) is 0.529. The van der Waals surface area contributed by atoms with Crippen molar-refractivity contribution in [3.63, 3.8) is 0 Å². The molecule has 0 unspecified atom stereocenters. The second kappa shape index (κ2) is 9.36. The van der Waals surface area contributed by atoms with Gasteiger partial charge in [0.15, 0.2) is 0 Å². The van der Waals surface area contributed by atoms with Crippen LogP contribution in [0.25, 0.3) is 0 Å². The van der Waals surface area contributed by atoms with Gasteiger partial charge < -0.3 is 5.32 Å². The first kappa shape index (κ1) is 21.9. The minimum absolute atomic E-state index is 0.238. The summed E-state index contributed by atoms with van der Waals surface area (Å²) in [5, 5.41) is 2.93. The van der Waals surface area contributed by atoms with Crippen LogP contribution in [0.4, 0.5) is 11.4 Å². The maximum Gasteiger partial charge on any atom is 0.255 e. The van der Waals surface area contributed by atoms with Gasteiger partial charge >= 0.3 is 0 Å². The first-order valence-electron chi connectivity index (χ1n) is 9.37. The van der Waals surface area contributed by atoms with Crippen LogP contribution < -0.4 is 9.62 Å². The number of amides is 1. The number of hydrogen-bond acceptors (Lipinski definition) is 4. The first-order valence-corrected chi connectivity index (χ1v) is 12.2. The maximum atomic E-state index is 12.6. The van der Waals surface area contributed by atoms with Gasteiger partial charge in [-0.3, -0.25) is 9.10 Å². The number of nitrogens with one attached hydrogen (secondary N) is 1. The van der Waals surface area contributed by atoms with Gasteiger partial charge in [-0.05, 0) is 60.5 Å². The fourth-order valence-corrected chi connectivity index (χ4v) is 4.22. The highest BCUT2D eigenvalue weighted by Gasteiger charge is 2.13. The zero-order valence-corrected chi connectivity index (χ0v) is 18.8. The van der Waals surface area contributed by atoms with E-state index in [9.17, 15) is 13.2 Å². The summed E-state index contributed by atoms with van der Waals surface area (Å²) in [4.78, 5) is 13.8. The zero-order valence-electron chi connectivity index (χ0n) is 17.1. The Hall–Kier alpha value is -2.77. The summed E-state index contributed by atoms with van der Waals surface area (Å²) < 4.78 is 24.4. The van der Waals surface area contributed by atoms with E-state index in [-0.39, 0.29) is 5.91 Å². The third-order valence-corrected chi connectivity index (χ3v) is 6.97. The molecular weight excluding hydrogens is 416 g/mol. The van der Waals surface area contributed by atoms with Crippen LogP contribution in [0.15, 0.2) is 77.7 Å². The Labute approximate surface area is 182 Å². The molecule has 156 valence electrons. The highest BCUT2D eigenvalue weighted by Crippen LogP contribution is 2.25. The van der Waals surface area contributed by atoms with Crippen LogP contribution in [0, 0.1) is 6.92 Å². The van der Waals surface area contributed by atoms with Crippen LogP contribution in [-0.4, -0.2) is 27.6 Å². The Bertz CT molecular complexity index is 1130. The summed E-state index contributed by atoms with van der Waals surface area (Å²) in [6.45, 7) is 1.97. The second-order valence-corrected chi connectivity index (χ2v) is 10.0. The molecule has 0 atom stereocenters. The number of sulfonamides is 1. The first-order chi connectivity index (χ1) is 14.2. The SMILES string of the molecule is Cc1cc(CSc2ccccc2)ccc1NC(=O)c1ccc(N(C)S(C)(=O)=O)cc1. The van der Waals surface area contributed by atoms with Crippen molar-refractivity contribution >= 4 is 39.1 Å². The molecule has 1 N–H and O–H groups in total. The van der Waals surface area contributed by atoms with Crippen molar-refractivity contribution in [1.82, 2.24) is 0 Å². The molecule has 0 aromatic heterocycles. The highest BCUT2D eigenvalue weighted by molar-refractivity contribution is 7.98. The van der Waals surface area contributed by atoms with E-state index in [1.165, 1.54) is 21.8 Å². The van der Waals surface area contributed by atoms with Crippen molar-refractivity contribution in [2.24, 2.45) is 0 Å². The molecule has 0 saturated carbocycles. The van der Waals surface area contributed by atoms with Crippen LogP contribution in [0.2, 0.25) is 0 Å². The predicted octanol–water partition coefficient (Wildman–Crippen LogP) is 4.94. The van der Waals surface area contributed by atoms with Gasteiger partial charge in [-0.2, -0.15) is 0 Å². The maximum absolute atomic E-state index is 12.6. The number of benzene rings is 3. The van der Waals surface area contributed by atoms with Crippen LogP contribution in [0.5, 0.6) is 0 Å². The lowest BCUT2D eigenvalue weighted by Crippen LogP contribution is -2.24. The molecular formula is C23H24N2O3S2. The van der Waals surface area contributed by atoms with Crippen LogP contribution >= 0.6 is 11.8 Å². The number of hydrogen-bond donors (Lipinski definition) is 1. The highest BCUT2D eigenvalue weighted by atomic mass is 32.2. The van der Waals surface area contributed by atoms with Gasteiger partial charge in [-0.1, -0.05) is 30.3 Å². The Morgan fingerprint density at radius 3 is 2.27 bits per heavy atom. The monoisotopic (exact) mass is 440 g/mol. The van der Waals surface area contributed by atoms with Crippen molar-refractivity contribution in [1.29, 1.82) is 0 Å². The topological polar surface area (TPSA) is 66.5 Å². The van der Waals surface area contributed by atoms with Gasteiger partial charge in [0.05, 0.1) is 11.9 Å². The lowest BCUT2D eigenvalue weighted by molar-refractivity contribution is 0.102. The molecule has 0 fully saturated rings. The van der Waals surface area contributed by atoms with Crippen molar-refractivity contribution in [2.45, 2.75) is 17.6 Å². The Kier molecular flexibility index (Phi) is 6.84. The molecule has 0 saturated heterocycles. The number of anilines is 2. The average molecular weight is 441 g/mol. The van der Waals surface area contributed by atoms with Crippen LogP contribution in [-0.2, 0) is 15.8 Å². The number of nitrogens with zero attached hydrogens (tertiary/aromatic N) is 1. The standard InChI is InChI=1S/C23H24N2O3S2/c1-17-15-18(16-29-21-7-5-4-6-8-21)9-14-22(17)24-23(26)19-10-12-20(13-11-19)25(2)30(3,27)28/h4-15H,16H2,1-3H3,(H,24,26). The summed E-state index contributed by atoms with van der Waals surface area (Å²) in [6, 6.07) is 22.7. The van der Waals surface area contributed by atoms with E-state index in [4.69, 9.17) is 0 Å². The van der Waals surface area contributed by atoms with Crippen LogP contribution in [0.1, 0.15) is 21.5 Å². The van der Waals surface area contributed by atoms with Gasteiger partial charge in [0.2, 0.25) is 10.0 Å². The van der Waals surface area contributed by atoms with Gasteiger partial charge in [-0.25, -0.2) is 8.42 Å². The minimum Gasteiger partial charge on any atom is -0.322 e. The van der Waals surface area contributed by atoms with Gasteiger partial charge in [0.1, 0.15) is 0 Å². The lowest BCUT2D eigenvalue weighted by atomic mass is 10.1. The molecule has 0 aliphatic carbocycles. The van der Waals surface area contributed by atoms with E-state index in [1.54, 1.807) is 36.0 Å². The second-order valence-electron chi connectivity index (χ2n) is 6.98. The molecule has 5 nitrogen and oxygen atoms in total. The normalized spacial score (nSPS) is 11.2. The van der Waals surface area contributed by atoms with E-state index in [0.717, 1.165) is 23.3 Å². The Balaban J connectivity index is 1.65. The fourth-order valence-electron chi connectivity index (χ4n) is 2.85. The van der Waals surface area contributed by atoms with E-state index >= 15 is 0 Å². The summed E-state index contributed by atoms with van der Waals surface area (Å²) in [6.07, 6.45) is 1.14. The van der Waals surface area contributed by atoms with Crippen molar-refractivity contribution in [3.8, 4) is 0 Å². The van der Waals surface area contributed by atoms with Gasteiger partial charge in [-0.15, -0.1) is 11.8 Å². The molecule has 1 amide bonds. The predicted molar refractivity (Wildman–Crippen MR) is 125 cm³/mol. The number of thioether (sulfide) groups is 1. The number of aryl methyl sites for hydroxylation is 1. The molecule has 0 heterocycles.